The highest BCUT2D eigenvalue weighted by molar-refractivity contribution is 5.97. The molecule has 0 spiro atoms. The Kier molecular flexibility index (Phi) is 4.97. The molecule has 26 heavy (non-hydrogen) atoms. The Bertz CT molecular complexity index is 848. The van der Waals surface area contributed by atoms with Crippen molar-refractivity contribution >= 4 is 11.9 Å². The van der Waals surface area contributed by atoms with E-state index >= 15 is 0 Å². The van der Waals surface area contributed by atoms with Crippen molar-refractivity contribution in [2.24, 2.45) is 0 Å². The molecule has 1 amide bonds. The Labute approximate surface area is 150 Å². The minimum Gasteiger partial charge on any atom is -0.493 e. The van der Waals surface area contributed by atoms with Crippen molar-refractivity contribution in [2.75, 3.05) is 20.8 Å². The Morgan fingerprint density at radius 3 is 2.58 bits per heavy atom. The Hall–Kier alpha value is -3.22. The number of ether oxygens (including phenoxy) is 3. The first kappa shape index (κ1) is 17.6. The Morgan fingerprint density at radius 2 is 1.88 bits per heavy atom. The van der Waals surface area contributed by atoms with Crippen molar-refractivity contribution in [3.8, 4) is 17.2 Å². The normalized spacial score (nSPS) is 13.3. The number of carbonyl (C=O) groups is 2. The smallest absolute Gasteiger partial charge is 0.330 e. The Morgan fingerprint density at radius 1 is 1.12 bits per heavy atom. The fourth-order valence-electron chi connectivity index (χ4n) is 2.87. The van der Waals surface area contributed by atoms with Gasteiger partial charge in [0.15, 0.2) is 17.5 Å². The van der Waals surface area contributed by atoms with E-state index < -0.39 is 17.9 Å². The van der Waals surface area contributed by atoms with E-state index in [1.165, 1.54) is 20.3 Å². The topological polar surface area (TPSA) is 94.1 Å². The highest BCUT2D eigenvalue weighted by atomic mass is 16.5. The molecule has 3 rings (SSSR count). The molecule has 2 aromatic rings. The summed E-state index contributed by atoms with van der Waals surface area (Å²) >= 11 is 0. The molecule has 0 radical (unpaired) electrons. The summed E-state index contributed by atoms with van der Waals surface area (Å²) in [5.41, 5.74) is 1.71. The number of fused-ring (bicyclic) bond motifs is 1. The molecule has 7 nitrogen and oxygen atoms in total. The molecular weight excluding hydrogens is 338 g/mol. The number of methoxy groups -OCH3 is 2. The molecule has 1 unspecified atom stereocenters. The van der Waals surface area contributed by atoms with Gasteiger partial charge in [0, 0.05) is 12.0 Å². The van der Waals surface area contributed by atoms with Gasteiger partial charge in [0.1, 0.15) is 5.75 Å². The van der Waals surface area contributed by atoms with Crippen LogP contribution in [0.15, 0.2) is 36.4 Å². The number of aliphatic carboxylic acids is 1. The van der Waals surface area contributed by atoms with E-state index in [1.807, 2.05) is 0 Å². The predicted octanol–water partition coefficient (Wildman–Crippen LogP) is 2.19. The van der Waals surface area contributed by atoms with E-state index in [9.17, 15) is 14.7 Å². The standard InChI is InChI=1S/C19H19NO6/c1-24-15-6-4-13(10-16(15)25-2)18(21)20-17(19(22)23)12-3-5-14-11(9-12)7-8-26-14/h3-6,9-10,17H,7-8H2,1-2H3,(H,20,21)(H,22,23). The van der Waals surface area contributed by atoms with Gasteiger partial charge in [-0.2, -0.15) is 0 Å². The van der Waals surface area contributed by atoms with Gasteiger partial charge in [-0.05, 0) is 41.5 Å². The van der Waals surface area contributed by atoms with Crippen LogP contribution in [0.2, 0.25) is 0 Å². The summed E-state index contributed by atoms with van der Waals surface area (Å²) in [6, 6.07) is 8.62. The van der Waals surface area contributed by atoms with E-state index in [0.29, 0.717) is 23.7 Å². The van der Waals surface area contributed by atoms with Crippen LogP contribution >= 0.6 is 0 Å². The number of rotatable bonds is 6. The molecule has 0 aromatic heterocycles. The van der Waals surface area contributed by atoms with Crippen LogP contribution in [0.4, 0.5) is 0 Å². The first-order chi connectivity index (χ1) is 12.5. The van der Waals surface area contributed by atoms with Gasteiger partial charge in [0.05, 0.1) is 20.8 Å². The molecule has 7 heteroatoms. The van der Waals surface area contributed by atoms with Crippen molar-refractivity contribution in [1.82, 2.24) is 5.32 Å². The SMILES string of the molecule is COc1ccc(C(=O)NC(C(=O)O)c2ccc3c(c2)CCO3)cc1OC. The van der Waals surface area contributed by atoms with Crippen LogP contribution in [-0.2, 0) is 11.2 Å². The monoisotopic (exact) mass is 357 g/mol. The third kappa shape index (κ3) is 3.42. The van der Waals surface area contributed by atoms with Crippen LogP contribution < -0.4 is 19.5 Å². The molecule has 2 aromatic carbocycles. The summed E-state index contributed by atoms with van der Waals surface area (Å²) in [6.07, 6.45) is 0.721. The van der Waals surface area contributed by atoms with Gasteiger partial charge in [0.2, 0.25) is 0 Å². The summed E-state index contributed by atoms with van der Waals surface area (Å²) in [6.45, 7) is 0.578. The number of nitrogens with one attached hydrogen (secondary N) is 1. The first-order valence-corrected chi connectivity index (χ1v) is 8.05. The van der Waals surface area contributed by atoms with Crippen LogP contribution in [0.5, 0.6) is 17.2 Å². The van der Waals surface area contributed by atoms with Crippen LogP contribution in [-0.4, -0.2) is 37.8 Å². The van der Waals surface area contributed by atoms with Crippen molar-refractivity contribution in [2.45, 2.75) is 12.5 Å². The maximum Gasteiger partial charge on any atom is 0.330 e. The van der Waals surface area contributed by atoms with Crippen molar-refractivity contribution < 1.29 is 28.9 Å². The zero-order valence-electron chi connectivity index (χ0n) is 14.4. The van der Waals surface area contributed by atoms with Crippen molar-refractivity contribution in [1.29, 1.82) is 0 Å². The van der Waals surface area contributed by atoms with Gasteiger partial charge in [0.25, 0.3) is 5.91 Å². The maximum atomic E-state index is 12.5. The van der Waals surface area contributed by atoms with Crippen LogP contribution in [0.1, 0.15) is 27.5 Å². The van der Waals surface area contributed by atoms with E-state index in [4.69, 9.17) is 14.2 Å². The second kappa shape index (κ2) is 7.35. The van der Waals surface area contributed by atoms with E-state index in [0.717, 1.165) is 17.7 Å². The lowest BCUT2D eigenvalue weighted by molar-refractivity contribution is -0.139. The van der Waals surface area contributed by atoms with Gasteiger partial charge in [-0.15, -0.1) is 0 Å². The number of carboxylic acids is 1. The summed E-state index contributed by atoms with van der Waals surface area (Å²) < 4.78 is 15.7. The highest BCUT2D eigenvalue weighted by Crippen LogP contribution is 2.30. The summed E-state index contributed by atoms with van der Waals surface area (Å²) in [5.74, 6) is -0.0314. The quantitative estimate of drug-likeness (QED) is 0.823. The van der Waals surface area contributed by atoms with Crippen LogP contribution in [0.25, 0.3) is 0 Å². The van der Waals surface area contributed by atoms with Gasteiger partial charge >= 0.3 is 5.97 Å². The maximum absolute atomic E-state index is 12.5. The second-order valence-corrected chi connectivity index (χ2v) is 5.78. The molecule has 0 saturated carbocycles. The molecule has 2 N–H and O–H groups in total. The zero-order chi connectivity index (χ0) is 18.7. The van der Waals surface area contributed by atoms with Crippen LogP contribution in [0.3, 0.4) is 0 Å². The minimum atomic E-state index is -1.17. The fourth-order valence-corrected chi connectivity index (χ4v) is 2.87. The van der Waals surface area contributed by atoms with Gasteiger partial charge < -0.3 is 24.6 Å². The number of benzene rings is 2. The summed E-state index contributed by atoms with van der Waals surface area (Å²) in [7, 11) is 2.96. The number of amides is 1. The number of hydrogen-bond donors (Lipinski definition) is 2. The average Bonchev–Trinajstić information content (AvgIpc) is 3.12. The number of carbonyl (C=O) groups excluding carboxylic acids is 1. The molecule has 136 valence electrons. The third-order valence-electron chi connectivity index (χ3n) is 4.21. The molecule has 0 saturated heterocycles. The lowest BCUT2D eigenvalue weighted by atomic mass is 10.0. The largest absolute Gasteiger partial charge is 0.493 e. The molecule has 1 atom stereocenters. The summed E-state index contributed by atoms with van der Waals surface area (Å²) in [4.78, 5) is 24.2. The first-order valence-electron chi connectivity index (χ1n) is 8.05. The zero-order valence-corrected chi connectivity index (χ0v) is 14.4. The fraction of sp³-hybridized carbons (Fsp3) is 0.263. The minimum absolute atomic E-state index is 0.276. The number of hydrogen-bond acceptors (Lipinski definition) is 5. The molecule has 0 bridgehead atoms. The lowest BCUT2D eigenvalue weighted by Crippen LogP contribution is -2.33. The second-order valence-electron chi connectivity index (χ2n) is 5.78. The third-order valence-corrected chi connectivity index (χ3v) is 4.21. The van der Waals surface area contributed by atoms with E-state index in [1.54, 1.807) is 30.3 Å². The molecule has 1 aliphatic heterocycles. The molecule has 1 aliphatic rings. The number of carboxylic acid groups (broad SMARTS) is 1. The highest BCUT2D eigenvalue weighted by Gasteiger charge is 2.25. The van der Waals surface area contributed by atoms with Crippen molar-refractivity contribution in [3.05, 3.63) is 53.1 Å². The van der Waals surface area contributed by atoms with E-state index in [-0.39, 0.29) is 5.56 Å². The summed E-state index contributed by atoms with van der Waals surface area (Å²) in [5, 5.41) is 12.1. The molecule has 0 aliphatic carbocycles. The molecule has 1 heterocycles. The lowest BCUT2D eigenvalue weighted by Gasteiger charge is -2.16. The van der Waals surface area contributed by atoms with Gasteiger partial charge in [-0.25, -0.2) is 4.79 Å². The Balaban J connectivity index is 1.84. The predicted molar refractivity (Wildman–Crippen MR) is 93.0 cm³/mol. The van der Waals surface area contributed by atoms with Crippen LogP contribution in [0, 0.1) is 0 Å². The molecular formula is C19H19NO6. The van der Waals surface area contributed by atoms with Crippen molar-refractivity contribution in [3.63, 3.8) is 0 Å². The molecule has 0 fully saturated rings. The van der Waals surface area contributed by atoms with Gasteiger partial charge in [-0.1, -0.05) is 6.07 Å². The van der Waals surface area contributed by atoms with E-state index in [2.05, 4.69) is 5.32 Å². The van der Waals surface area contributed by atoms with Gasteiger partial charge in [-0.3, -0.25) is 4.79 Å². The average molecular weight is 357 g/mol.